The average molecular weight is 158 g/mol. The van der Waals surface area contributed by atoms with Crippen LogP contribution in [0.5, 0.6) is 11.5 Å². The lowest BCUT2D eigenvalue weighted by atomic mass is 10.1. The molecule has 0 spiro atoms. The van der Waals surface area contributed by atoms with E-state index in [4.69, 9.17) is 12.0 Å². The summed E-state index contributed by atoms with van der Waals surface area (Å²) in [7, 11) is 0. The number of aromatic hydroxyl groups is 2. The molecule has 60 valence electrons. The molecule has 0 bridgehead atoms. The van der Waals surface area contributed by atoms with Gasteiger partial charge in [0.1, 0.15) is 2.82 Å². The number of hydrogen-bond acceptors (Lipinski definition) is 3. The minimum atomic E-state index is -2.51. The summed E-state index contributed by atoms with van der Waals surface area (Å²) < 4.78 is 35.9. The van der Waals surface area contributed by atoms with Crippen LogP contribution in [-0.2, 0) is 6.40 Å². The highest BCUT2D eigenvalue weighted by Crippen LogP contribution is 2.24. The molecular weight excluding hydrogens is 142 g/mol. The van der Waals surface area contributed by atoms with Gasteiger partial charge in [0.05, 0.1) is 0 Å². The molecule has 0 fully saturated rings. The fourth-order valence-corrected chi connectivity index (χ4v) is 0.705. The molecule has 0 aliphatic heterocycles. The Kier molecular flexibility index (Phi) is 1.02. The van der Waals surface area contributed by atoms with Gasteiger partial charge in [-0.25, -0.2) is 0 Å². The molecule has 11 heavy (non-hydrogen) atoms. The number of phenols is 2. The lowest BCUT2D eigenvalue weighted by Gasteiger charge is -2.00. The summed E-state index contributed by atoms with van der Waals surface area (Å²) >= 11 is 0. The summed E-state index contributed by atoms with van der Waals surface area (Å²) in [4.78, 5) is 0. The fourth-order valence-electron chi connectivity index (χ4n) is 0.705. The van der Waals surface area contributed by atoms with Crippen molar-refractivity contribution in [3.8, 4) is 11.5 Å². The van der Waals surface area contributed by atoms with E-state index < -0.39 is 18.6 Å². The normalized spacial score (nSPS) is 21.0. The Morgan fingerprint density at radius 1 is 1.45 bits per heavy atom. The Balaban J connectivity index is 3.05. The third-order valence-corrected chi connectivity index (χ3v) is 1.23. The lowest BCUT2D eigenvalue weighted by molar-refractivity contribution is 0.403. The van der Waals surface area contributed by atoms with Gasteiger partial charge in [-0.2, -0.15) is 0 Å². The maximum absolute atomic E-state index is 9.19. The molecule has 1 unspecified atom stereocenters. The van der Waals surface area contributed by atoms with Crippen LogP contribution in [-0.4, -0.2) is 16.7 Å². The summed E-state index contributed by atoms with van der Waals surface area (Å²) in [5.41, 5.74) is -0.126. The standard InChI is InChI=1S/C8H11NO2/c9-4-3-6-1-2-7(10)8(11)5-6/h1-2,5,10-11H,3-4,9H2/i3D,4D2/hD2. The summed E-state index contributed by atoms with van der Waals surface area (Å²) in [6.07, 6.45) is -1.53. The molecule has 0 aromatic heterocycles. The number of rotatable bonds is 3. The van der Waals surface area contributed by atoms with Crippen molar-refractivity contribution in [1.82, 2.24) is 0 Å². The Bertz CT molecular complexity index is 385. The van der Waals surface area contributed by atoms with E-state index in [1.165, 1.54) is 6.07 Å². The van der Waals surface area contributed by atoms with Crippen molar-refractivity contribution in [3.05, 3.63) is 23.8 Å². The minimum absolute atomic E-state index is 0.0739. The molecular formula is C8H11NO2. The molecule has 1 aromatic rings. The topological polar surface area (TPSA) is 66.5 Å². The van der Waals surface area contributed by atoms with Crippen LogP contribution in [0, 0.1) is 0 Å². The summed E-state index contributed by atoms with van der Waals surface area (Å²) in [5, 5.41) is 18.2. The van der Waals surface area contributed by atoms with Gasteiger partial charge in [0.15, 0.2) is 11.5 Å². The van der Waals surface area contributed by atoms with E-state index in [1.807, 2.05) is 0 Å². The second-order valence-corrected chi connectivity index (χ2v) is 2.02. The van der Waals surface area contributed by atoms with Crippen molar-refractivity contribution in [1.29, 1.82) is 0 Å². The summed E-state index contributed by atoms with van der Waals surface area (Å²) in [6, 6.07) is 3.42. The minimum Gasteiger partial charge on any atom is -0.504 e. The quantitative estimate of drug-likeness (QED) is 0.564. The fraction of sp³-hybridized carbons (Fsp3) is 0.250. The van der Waals surface area contributed by atoms with E-state index in [0.29, 0.717) is 0 Å². The zero-order valence-electron chi connectivity index (χ0n) is 10.7. The molecule has 1 rings (SSSR count). The maximum atomic E-state index is 9.19. The zero-order chi connectivity index (χ0) is 12.5. The summed E-state index contributed by atoms with van der Waals surface area (Å²) in [5.74, 6) is -0.836. The molecule has 3 heteroatoms. The first kappa shape index (κ1) is 3.45. The van der Waals surface area contributed by atoms with E-state index in [1.54, 1.807) is 0 Å². The molecule has 0 aliphatic carbocycles. The van der Waals surface area contributed by atoms with Crippen LogP contribution >= 0.6 is 0 Å². The van der Waals surface area contributed by atoms with Crippen molar-refractivity contribution in [2.45, 2.75) is 6.40 Å². The van der Waals surface area contributed by atoms with Crippen LogP contribution in [0.3, 0.4) is 0 Å². The molecule has 0 amide bonds. The molecule has 1 aromatic carbocycles. The molecule has 3 nitrogen and oxygen atoms in total. The highest BCUT2D eigenvalue weighted by Gasteiger charge is 1.98. The van der Waals surface area contributed by atoms with Crippen molar-refractivity contribution >= 4 is 0 Å². The molecule has 0 radical (unpaired) electrons. The van der Waals surface area contributed by atoms with Crippen LogP contribution in [0.15, 0.2) is 18.2 Å². The van der Waals surface area contributed by atoms with E-state index in [-0.39, 0.29) is 17.0 Å². The highest BCUT2D eigenvalue weighted by molar-refractivity contribution is 5.40. The first-order valence-electron chi connectivity index (χ1n) is 5.46. The smallest absolute Gasteiger partial charge is 0.157 e. The number of aryl methyl sites for hydroxylation is 1. The Morgan fingerprint density at radius 3 is 2.91 bits per heavy atom. The monoisotopic (exact) mass is 158 g/mol. The number of nitrogens with two attached hydrogens (primary N) is 1. The third-order valence-electron chi connectivity index (χ3n) is 1.23. The average Bonchev–Trinajstić information content (AvgIpc) is 2.20. The van der Waals surface area contributed by atoms with Crippen molar-refractivity contribution < 1.29 is 17.1 Å². The van der Waals surface area contributed by atoms with Gasteiger partial charge >= 0.3 is 0 Å². The highest BCUT2D eigenvalue weighted by atomic mass is 16.3. The van der Waals surface area contributed by atoms with Crippen LogP contribution in [0.2, 0.25) is 2.82 Å². The SMILES string of the molecule is [2H]C(c1ccc(O)c(O)c1)C([2H])([2H])N([2H])[2H]. The number of phenolic OH excluding ortho intramolecular Hbond substituents is 2. The van der Waals surface area contributed by atoms with Crippen LogP contribution < -0.4 is 5.72 Å². The van der Waals surface area contributed by atoms with Crippen LogP contribution in [0.4, 0.5) is 0 Å². The molecule has 4 N–H and O–H groups in total. The Labute approximate surface area is 72.2 Å². The van der Waals surface area contributed by atoms with Crippen LogP contribution in [0.1, 0.15) is 9.68 Å². The predicted molar refractivity (Wildman–Crippen MR) is 42.5 cm³/mol. The predicted octanol–water partition coefficient (Wildman–Crippen LogP) is 0.599. The number of hydrogen-bond donors (Lipinski definition) is 3. The van der Waals surface area contributed by atoms with E-state index in [9.17, 15) is 5.11 Å². The third kappa shape index (κ3) is 1.85. The van der Waals surface area contributed by atoms with Gasteiger partial charge in [0, 0.05) is 4.11 Å². The van der Waals surface area contributed by atoms with Crippen molar-refractivity contribution in [2.75, 3.05) is 6.50 Å². The van der Waals surface area contributed by atoms with Gasteiger partial charge in [-0.3, -0.25) is 0 Å². The maximum Gasteiger partial charge on any atom is 0.157 e. The second kappa shape index (κ2) is 3.25. The molecule has 0 saturated heterocycles. The van der Waals surface area contributed by atoms with Gasteiger partial charge in [0.25, 0.3) is 0 Å². The zero-order valence-corrected chi connectivity index (χ0v) is 5.65. The van der Waals surface area contributed by atoms with Gasteiger partial charge in [-0.05, 0) is 30.6 Å². The van der Waals surface area contributed by atoms with Gasteiger partial charge in [-0.15, -0.1) is 0 Å². The van der Waals surface area contributed by atoms with Crippen LogP contribution in [0.25, 0.3) is 0 Å². The first-order chi connectivity index (χ1) is 7.26. The van der Waals surface area contributed by atoms with Gasteiger partial charge < -0.3 is 15.9 Å². The Morgan fingerprint density at radius 2 is 2.27 bits per heavy atom. The number of benzene rings is 1. The second-order valence-electron chi connectivity index (χ2n) is 2.02. The van der Waals surface area contributed by atoms with Crippen molar-refractivity contribution in [3.63, 3.8) is 0 Å². The first-order valence-corrected chi connectivity index (χ1v) is 2.99. The van der Waals surface area contributed by atoms with Gasteiger partial charge in [-0.1, -0.05) is 6.07 Å². The van der Waals surface area contributed by atoms with E-state index in [2.05, 4.69) is 0 Å². The lowest BCUT2D eigenvalue weighted by Crippen LogP contribution is -2.02. The largest absolute Gasteiger partial charge is 0.504 e. The van der Waals surface area contributed by atoms with E-state index >= 15 is 0 Å². The molecule has 1 atom stereocenters. The Hall–Kier alpha value is -1.22. The molecule has 0 saturated carbocycles. The summed E-state index contributed by atoms with van der Waals surface area (Å²) in [6.45, 7) is -2.51. The van der Waals surface area contributed by atoms with E-state index in [0.717, 1.165) is 12.1 Å². The van der Waals surface area contributed by atoms with Crippen molar-refractivity contribution in [2.24, 2.45) is 5.72 Å². The molecule has 0 heterocycles. The molecule has 0 aliphatic rings. The van der Waals surface area contributed by atoms with Gasteiger partial charge in [0.2, 0.25) is 0 Å².